The van der Waals surface area contributed by atoms with Crippen molar-refractivity contribution in [3.63, 3.8) is 0 Å². The Kier molecular flexibility index (Phi) is 4.16. The van der Waals surface area contributed by atoms with Crippen LogP contribution in [0.1, 0.15) is 12.8 Å². The number of imidazole rings is 1. The van der Waals surface area contributed by atoms with Gasteiger partial charge in [0.25, 0.3) is 0 Å². The first-order valence-electron chi connectivity index (χ1n) is 8.20. The number of benzene rings is 1. The molecular weight excluding hydrogens is 356 g/mol. The van der Waals surface area contributed by atoms with Gasteiger partial charge in [0.1, 0.15) is 17.1 Å². The largest absolute Gasteiger partial charge is 0.491 e. The first-order chi connectivity index (χ1) is 12.6. The van der Waals surface area contributed by atoms with Gasteiger partial charge in [0, 0.05) is 25.2 Å². The molecule has 26 heavy (non-hydrogen) atoms. The smallest absolute Gasteiger partial charge is 0.228 e. The quantitative estimate of drug-likeness (QED) is 0.737. The highest BCUT2D eigenvalue weighted by molar-refractivity contribution is 6.29. The Morgan fingerprint density at radius 2 is 2.15 bits per heavy atom. The van der Waals surface area contributed by atoms with Gasteiger partial charge in [-0.2, -0.15) is 0 Å². The molecule has 8 heteroatoms. The van der Waals surface area contributed by atoms with Crippen molar-refractivity contribution in [3.05, 3.63) is 35.7 Å². The number of carbonyl (C=O) groups is 1. The van der Waals surface area contributed by atoms with Crippen LogP contribution in [0.4, 0.5) is 5.82 Å². The number of carbonyl (C=O) groups excluding carboxylic acids is 1. The third-order valence-electron chi connectivity index (χ3n) is 4.26. The fourth-order valence-electron chi connectivity index (χ4n) is 2.74. The first-order valence-corrected chi connectivity index (χ1v) is 8.58. The van der Waals surface area contributed by atoms with Crippen LogP contribution in [0.15, 0.2) is 30.5 Å². The molecule has 0 saturated heterocycles. The summed E-state index contributed by atoms with van der Waals surface area (Å²) in [5.41, 5.74) is 1.46. The maximum Gasteiger partial charge on any atom is 0.228 e. The third-order valence-corrected chi connectivity index (χ3v) is 4.60. The molecule has 7 nitrogen and oxygen atoms in total. The Morgan fingerprint density at radius 1 is 1.35 bits per heavy atom. The molecule has 0 aliphatic heterocycles. The van der Waals surface area contributed by atoms with Crippen LogP contribution < -0.4 is 14.8 Å². The lowest BCUT2D eigenvalue weighted by Crippen LogP contribution is -2.14. The summed E-state index contributed by atoms with van der Waals surface area (Å²) in [7, 11) is 3.37. The normalized spacial score (nSPS) is 13.7. The van der Waals surface area contributed by atoms with Gasteiger partial charge >= 0.3 is 0 Å². The number of anilines is 1. The Hall–Kier alpha value is -2.80. The molecule has 4 rings (SSSR count). The number of nitrogens with one attached hydrogen (secondary N) is 1. The number of aryl methyl sites for hydroxylation is 1. The summed E-state index contributed by atoms with van der Waals surface area (Å²) in [5, 5.41) is 3.17. The van der Waals surface area contributed by atoms with Gasteiger partial charge in [-0.1, -0.05) is 0 Å². The Morgan fingerprint density at radius 3 is 2.88 bits per heavy atom. The molecule has 0 atom stereocenters. The molecule has 1 amide bonds. The summed E-state index contributed by atoms with van der Waals surface area (Å²) >= 11 is 6.10. The molecule has 134 valence electrons. The molecule has 0 unspecified atom stereocenters. The van der Waals surface area contributed by atoms with E-state index >= 15 is 0 Å². The van der Waals surface area contributed by atoms with Crippen LogP contribution in [0.25, 0.3) is 11.0 Å². The molecule has 1 N–H and O–H groups in total. The van der Waals surface area contributed by atoms with Gasteiger partial charge in [-0.05, 0) is 42.6 Å². The van der Waals surface area contributed by atoms with Crippen LogP contribution in [-0.4, -0.2) is 27.6 Å². The number of halogens is 1. The minimum absolute atomic E-state index is 0.00169. The highest BCUT2D eigenvalue weighted by Crippen LogP contribution is 2.39. The van der Waals surface area contributed by atoms with Crippen molar-refractivity contribution in [3.8, 4) is 17.2 Å². The van der Waals surface area contributed by atoms with E-state index in [-0.39, 0.29) is 11.8 Å². The van der Waals surface area contributed by atoms with E-state index < -0.39 is 0 Å². The molecule has 3 aromatic rings. The van der Waals surface area contributed by atoms with E-state index in [4.69, 9.17) is 21.1 Å². The number of hydrogen-bond acceptors (Lipinski definition) is 5. The van der Waals surface area contributed by atoms with E-state index in [9.17, 15) is 4.79 Å². The van der Waals surface area contributed by atoms with E-state index in [1.54, 1.807) is 36.1 Å². The van der Waals surface area contributed by atoms with Crippen molar-refractivity contribution >= 4 is 34.4 Å². The monoisotopic (exact) mass is 372 g/mol. The van der Waals surface area contributed by atoms with Crippen molar-refractivity contribution in [2.45, 2.75) is 12.8 Å². The fourth-order valence-corrected chi connectivity index (χ4v) is 2.92. The van der Waals surface area contributed by atoms with E-state index in [1.807, 2.05) is 13.1 Å². The second-order valence-electron chi connectivity index (χ2n) is 6.15. The Bertz CT molecular complexity index is 998. The summed E-state index contributed by atoms with van der Waals surface area (Å²) in [4.78, 5) is 20.3. The van der Waals surface area contributed by atoms with Gasteiger partial charge < -0.3 is 19.4 Å². The summed E-state index contributed by atoms with van der Waals surface area (Å²) in [6.07, 6.45) is 3.46. The lowest BCUT2D eigenvalue weighted by atomic mass is 10.2. The van der Waals surface area contributed by atoms with Crippen molar-refractivity contribution in [1.29, 1.82) is 0 Å². The van der Waals surface area contributed by atoms with E-state index in [2.05, 4.69) is 15.3 Å². The number of amides is 1. The van der Waals surface area contributed by atoms with Crippen LogP contribution >= 0.6 is 11.6 Å². The Labute approximate surface area is 154 Å². The number of aromatic nitrogens is 3. The highest BCUT2D eigenvalue weighted by atomic mass is 35.5. The Balaban J connectivity index is 1.64. The second-order valence-corrected chi connectivity index (χ2v) is 6.48. The van der Waals surface area contributed by atoms with E-state index in [0.717, 1.165) is 18.4 Å². The van der Waals surface area contributed by atoms with Gasteiger partial charge in [-0.3, -0.25) is 4.79 Å². The predicted octanol–water partition coefficient (Wildman–Crippen LogP) is 3.77. The van der Waals surface area contributed by atoms with Crippen LogP contribution in [0.2, 0.25) is 5.28 Å². The third kappa shape index (κ3) is 3.06. The summed E-state index contributed by atoms with van der Waals surface area (Å²) < 4.78 is 13.2. The maximum atomic E-state index is 11.9. The zero-order chi connectivity index (χ0) is 18.3. The molecule has 0 radical (unpaired) electrons. The second kappa shape index (κ2) is 6.49. The number of ether oxygens (including phenoxy) is 2. The number of rotatable bonds is 5. The standard InChI is InChI=1S/C18H17ClN4O3/c1-23-15-12(21-18(23)19)5-6-13(16(15)25-2)26-11-7-8-20-14(9-11)22-17(24)10-3-4-10/h5-10H,3-4H2,1-2H3,(H,20,22,24). The lowest BCUT2D eigenvalue weighted by molar-refractivity contribution is -0.117. The molecule has 2 aromatic heterocycles. The average molecular weight is 373 g/mol. The highest BCUT2D eigenvalue weighted by Gasteiger charge is 2.29. The number of nitrogens with zero attached hydrogens (tertiary/aromatic N) is 3. The minimum atomic E-state index is -0.00169. The summed E-state index contributed by atoms with van der Waals surface area (Å²) in [6, 6.07) is 6.98. The number of fused-ring (bicyclic) bond motifs is 1. The minimum Gasteiger partial charge on any atom is -0.491 e. The SMILES string of the molecule is COc1c(Oc2ccnc(NC(=O)C3CC3)c2)ccc2nc(Cl)n(C)c12. The topological polar surface area (TPSA) is 78.3 Å². The number of methoxy groups -OCH3 is 1. The molecule has 1 aliphatic rings. The van der Waals surface area contributed by atoms with Crippen LogP contribution in [0.3, 0.4) is 0 Å². The van der Waals surface area contributed by atoms with Gasteiger partial charge in [-0.25, -0.2) is 9.97 Å². The fraction of sp³-hybridized carbons (Fsp3) is 0.278. The molecule has 1 fully saturated rings. The molecule has 0 bridgehead atoms. The zero-order valence-electron chi connectivity index (χ0n) is 14.3. The van der Waals surface area contributed by atoms with Gasteiger partial charge in [0.15, 0.2) is 11.5 Å². The number of hydrogen-bond donors (Lipinski definition) is 1. The van der Waals surface area contributed by atoms with Crippen molar-refractivity contribution < 1.29 is 14.3 Å². The van der Waals surface area contributed by atoms with Crippen molar-refractivity contribution in [2.75, 3.05) is 12.4 Å². The predicted molar refractivity (Wildman–Crippen MR) is 97.9 cm³/mol. The molecule has 1 aliphatic carbocycles. The average Bonchev–Trinajstić information content (AvgIpc) is 3.43. The molecule has 1 saturated carbocycles. The maximum absolute atomic E-state index is 11.9. The zero-order valence-corrected chi connectivity index (χ0v) is 15.1. The molecule has 0 spiro atoms. The van der Waals surface area contributed by atoms with Gasteiger partial charge in [0.05, 0.1) is 12.6 Å². The summed E-state index contributed by atoms with van der Waals surface area (Å²) in [5.74, 6) is 2.16. The van der Waals surface area contributed by atoms with E-state index in [0.29, 0.717) is 33.9 Å². The van der Waals surface area contributed by atoms with Crippen LogP contribution in [0, 0.1) is 5.92 Å². The van der Waals surface area contributed by atoms with Gasteiger partial charge in [-0.15, -0.1) is 0 Å². The lowest BCUT2D eigenvalue weighted by Gasteiger charge is -2.12. The van der Waals surface area contributed by atoms with Gasteiger partial charge in [0.2, 0.25) is 11.2 Å². The number of pyridine rings is 1. The summed E-state index contributed by atoms with van der Waals surface area (Å²) in [6.45, 7) is 0. The van der Waals surface area contributed by atoms with Crippen molar-refractivity contribution in [1.82, 2.24) is 14.5 Å². The molecule has 2 heterocycles. The van der Waals surface area contributed by atoms with Crippen LogP contribution in [0.5, 0.6) is 17.2 Å². The van der Waals surface area contributed by atoms with Crippen LogP contribution in [-0.2, 0) is 11.8 Å². The molecule has 1 aromatic carbocycles. The molecular formula is C18H17ClN4O3. The first kappa shape index (κ1) is 16.7. The van der Waals surface area contributed by atoms with Crippen molar-refractivity contribution in [2.24, 2.45) is 13.0 Å². The van der Waals surface area contributed by atoms with E-state index in [1.165, 1.54) is 0 Å².